The molecular weight excluding hydrogens is 506 g/mol. The predicted octanol–water partition coefficient (Wildman–Crippen LogP) is 3.42. The van der Waals surface area contributed by atoms with E-state index in [2.05, 4.69) is 14.7 Å². The van der Waals surface area contributed by atoms with E-state index in [0.717, 1.165) is 16.9 Å². The Morgan fingerprint density at radius 2 is 1.81 bits per heavy atom. The Balaban J connectivity index is 1.75. The van der Waals surface area contributed by atoms with Gasteiger partial charge < -0.3 is 4.74 Å². The molecular formula is C25H22F2N4O5S. The molecule has 0 radical (unpaired) electrons. The molecule has 1 aliphatic rings. The van der Waals surface area contributed by atoms with E-state index in [1.165, 1.54) is 19.4 Å². The maximum atomic E-state index is 14.2. The Kier molecular flexibility index (Phi) is 5.86. The van der Waals surface area contributed by atoms with Crippen molar-refractivity contribution in [1.29, 1.82) is 0 Å². The van der Waals surface area contributed by atoms with Crippen molar-refractivity contribution < 1.29 is 21.9 Å². The third kappa shape index (κ3) is 4.48. The summed E-state index contributed by atoms with van der Waals surface area (Å²) in [5.41, 5.74) is -0.216. The molecule has 0 amide bonds. The summed E-state index contributed by atoms with van der Waals surface area (Å²) >= 11 is 0. The quantitative estimate of drug-likeness (QED) is 0.379. The number of ether oxygens (including phenoxy) is 1. The molecule has 2 aromatic carbocycles. The summed E-state index contributed by atoms with van der Waals surface area (Å²) < 4.78 is 60.6. The van der Waals surface area contributed by atoms with Crippen LogP contribution < -0.4 is 20.7 Å². The van der Waals surface area contributed by atoms with E-state index in [0.29, 0.717) is 27.7 Å². The average molecular weight is 529 g/mol. The van der Waals surface area contributed by atoms with Gasteiger partial charge in [0.1, 0.15) is 5.75 Å². The number of nitrogens with one attached hydrogen (secondary N) is 2. The number of rotatable bonds is 7. The molecule has 0 aliphatic heterocycles. The summed E-state index contributed by atoms with van der Waals surface area (Å²) in [6, 6.07) is 11.0. The van der Waals surface area contributed by atoms with Crippen LogP contribution in [0, 0.1) is 0 Å². The molecule has 0 saturated heterocycles. The lowest BCUT2D eigenvalue weighted by Crippen LogP contribution is -2.28. The van der Waals surface area contributed by atoms with Crippen LogP contribution in [-0.2, 0) is 15.4 Å². The van der Waals surface area contributed by atoms with Gasteiger partial charge in [-0.3, -0.25) is 24.1 Å². The highest BCUT2D eigenvalue weighted by molar-refractivity contribution is 7.92. The van der Waals surface area contributed by atoms with Gasteiger partial charge in [0.15, 0.2) is 0 Å². The van der Waals surface area contributed by atoms with Crippen molar-refractivity contribution in [3.05, 3.63) is 81.3 Å². The molecule has 2 aromatic heterocycles. The number of aromatic amines is 1. The van der Waals surface area contributed by atoms with Gasteiger partial charge in [0.2, 0.25) is 16.4 Å². The number of aromatic nitrogens is 3. The normalized spacial score (nSPS) is 14.6. The first-order valence-electron chi connectivity index (χ1n) is 11.2. The molecule has 192 valence electrons. The Morgan fingerprint density at radius 3 is 2.38 bits per heavy atom. The lowest BCUT2D eigenvalue weighted by atomic mass is 9.91. The second-order valence-electron chi connectivity index (χ2n) is 8.99. The van der Waals surface area contributed by atoms with E-state index in [9.17, 15) is 26.8 Å². The van der Waals surface area contributed by atoms with Gasteiger partial charge in [-0.25, -0.2) is 22.0 Å². The number of benzene rings is 2. The van der Waals surface area contributed by atoms with Gasteiger partial charge in [0, 0.05) is 40.7 Å². The van der Waals surface area contributed by atoms with Crippen molar-refractivity contribution in [2.75, 3.05) is 18.1 Å². The van der Waals surface area contributed by atoms with Crippen LogP contribution in [0.3, 0.4) is 0 Å². The number of hydrogen-bond donors (Lipinski definition) is 2. The summed E-state index contributed by atoms with van der Waals surface area (Å²) in [5, 5.41) is 0.413. The molecule has 0 bridgehead atoms. The zero-order valence-electron chi connectivity index (χ0n) is 19.8. The second kappa shape index (κ2) is 8.80. The second-order valence-corrected chi connectivity index (χ2v) is 10.7. The number of sulfonamides is 1. The van der Waals surface area contributed by atoms with Crippen LogP contribution in [0.5, 0.6) is 5.75 Å². The maximum Gasteiger partial charge on any atom is 0.332 e. The lowest BCUT2D eigenvalue weighted by molar-refractivity contribution is 0.100. The van der Waals surface area contributed by atoms with Crippen molar-refractivity contribution in [1.82, 2.24) is 14.5 Å². The van der Waals surface area contributed by atoms with Crippen LogP contribution in [0.1, 0.15) is 18.4 Å². The third-order valence-corrected chi connectivity index (χ3v) is 7.06. The van der Waals surface area contributed by atoms with E-state index in [1.54, 1.807) is 36.5 Å². The fraction of sp³-hybridized carbons (Fsp3) is 0.240. The number of alkyl halides is 2. The molecule has 5 rings (SSSR count). The molecule has 2 heterocycles. The highest BCUT2D eigenvalue weighted by Crippen LogP contribution is 2.57. The summed E-state index contributed by atoms with van der Waals surface area (Å²) in [7, 11) is -2.05. The van der Waals surface area contributed by atoms with Gasteiger partial charge in [0.05, 0.1) is 30.0 Å². The van der Waals surface area contributed by atoms with Gasteiger partial charge in [-0.2, -0.15) is 0 Å². The Morgan fingerprint density at radius 1 is 1.11 bits per heavy atom. The number of H-pyrrole nitrogens is 1. The average Bonchev–Trinajstić information content (AvgIpc) is 3.65. The van der Waals surface area contributed by atoms with Crippen LogP contribution in [0.15, 0.2) is 64.4 Å². The number of fused-ring (bicyclic) bond motifs is 1. The maximum absolute atomic E-state index is 14.2. The highest BCUT2D eigenvalue weighted by Gasteiger charge is 2.54. The number of anilines is 1. The van der Waals surface area contributed by atoms with E-state index >= 15 is 0 Å². The zero-order valence-corrected chi connectivity index (χ0v) is 20.6. The van der Waals surface area contributed by atoms with E-state index < -0.39 is 33.1 Å². The summed E-state index contributed by atoms with van der Waals surface area (Å²) in [6.07, 6.45) is 1.75. The predicted molar refractivity (Wildman–Crippen MR) is 135 cm³/mol. The van der Waals surface area contributed by atoms with E-state index in [4.69, 9.17) is 4.74 Å². The third-order valence-electron chi connectivity index (χ3n) is 6.45. The van der Waals surface area contributed by atoms with Crippen molar-refractivity contribution in [2.24, 2.45) is 0 Å². The largest absolute Gasteiger partial charge is 0.496 e. The van der Waals surface area contributed by atoms with Gasteiger partial charge >= 0.3 is 5.69 Å². The van der Waals surface area contributed by atoms with Crippen LogP contribution in [-0.4, -0.2) is 42.7 Å². The fourth-order valence-corrected chi connectivity index (χ4v) is 5.04. The van der Waals surface area contributed by atoms with Gasteiger partial charge in [-0.1, -0.05) is 12.1 Å². The molecule has 2 N–H and O–H groups in total. The van der Waals surface area contributed by atoms with Crippen molar-refractivity contribution in [2.45, 2.75) is 24.7 Å². The number of pyridine rings is 1. The van der Waals surface area contributed by atoms with Crippen molar-refractivity contribution in [3.8, 4) is 22.6 Å². The Labute approximate surface area is 209 Å². The first kappa shape index (κ1) is 24.6. The molecule has 1 saturated carbocycles. The molecule has 0 atom stereocenters. The minimum Gasteiger partial charge on any atom is -0.496 e. The van der Waals surface area contributed by atoms with Crippen LogP contribution >= 0.6 is 0 Å². The smallest absolute Gasteiger partial charge is 0.332 e. The molecule has 0 unspecified atom stereocenters. The van der Waals surface area contributed by atoms with Gasteiger partial charge in [-0.15, -0.1) is 0 Å². The number of hydrogen-bond acceptors (Lipinski definition) is 6. The number of nitrogens with zero attached hydrogens (tertiary/aromatic N) is 2. The molecule has 1 fully saturated rings. The Bertz CT molecular complexity index is 1740. The molecule has 0 spiro atoms. The highest BCUT2D eigenvalue weighted by atomic mass is 32.2. The zero-order chi connectivity index (χ0) is 26.5. The molecule has 12 heteroatoms. The molecule has 37 heavy (non-hydrogen) atoms. The lowest BCUT2D eigenvalue weighted by Gasteiger charge is -2.22. The first-order chi connectivity index (χ1) is 17.5. The molecule has 9 nitrogen and oxygen atoms in total. The summed E-state index contributed by atoms with van der Waals surface area (Å²) in [6.45, 7) is 0. The van der Waals surface area contributed by atoms with Gasteiger partial charge in [-0.05, 0) is 42.7 Å². The summed E-state index contributed by atoms with van der Waals surface area (Å²) in [4.78, 5) is 31.0. The van der Waals surface area contributed by atoms with E-state index in [1.807, 2.05) is 0 Å². The summed E-state index contributed by atoms with van der Waals surface area (Å²) in [5.74, 6) is 0.235. The monoisotopic (exact) mass is 528 g/mol. The fourth-order valence-electron chi connectivity index (χ4n) is 4.48. The topological polar surface area (TPSA) is 123 Å². The van der Waals surface area contributed by atoms with Crippen LogP contribution in [0.25, 0.3) is 27.7 Å². The van der Waals surface area contributed by atoms with Crippen molar-refractivity contribution >= 4 is 26.6 Å². The SMILES string of the molecule is COc1c(C2(C(F)F)CC2)cc(-n2ccc(=O)[nH]c2=O)c2ncc(-c3ccc(NS(C)(=O)=O)cc3)cc12. The Hall–Kier alpha value is -4.06. The minimum atomic E-state index is -3.44. The van der Waals surface area contributed by atoms with Gasteiger partial charge in [0.25, 0.3) is 5.56 Å². The number of methoxy groups -OCH3 is 1. The van der Waals surface area contributed by atoms with Crippen LogP contribution in [0.4, 0.5) is 14.5 Å². The molecule has 4 aromatic rings. The van der Waals surface area contributed by atoms with Crippen LogP contribution in [0.2, 0.25) is 0 Å². The minimum absolute atomic E-state index is 0.234. The first-order valence-corrected chi connectivity index (χ1v) is 13.1. The standard InChI is InChI=1S/C25H22F2N4O5S/c1-36-22-17-11-15(14-3-5-16(6-4-14)30-37(2,34)35)13-28-21(17)19(31-10-7-20(32)29-24(31)33)12-18(22)25(8-9-25)23(26)27/h3-7,10-13,23,30H,8-9H2,1-2H3,(H,29,32,33). The van der Waals surface area contributed by atoms with E-state index in [-0.39, 0.29) is 29.8 Å². The molecule has 1 aliphatic carbocycles. The van der Waals surface area contributed by atoms with Crippen molar-refractivity contribution in [3.63, 3.8) is 0 Å². The number of halogens is 2.